The molecule has 1 N–H and O–H groups in total. The van der Waals surface area contributed by atoms with Crippen molar-refractivity contribution in [3.63, 3.8) is 0 Å². The molecule has 0 spiro atoms. The van der Waals surface area contributed by atoms with Crippen molar-refractivity contribution in [2.45, 2.75) is 45.3 Å². The zero-order valence-electron chi connectivity index (χ0n) is 20.9. The van der Waals surface area contributed by atoms with E-state index in [2.05, 4.69) is 48.5 Å². The number of nitrogens with one attached hydrogen (secondary N) is 1. The van der Waals surface area contributed by atoms with Gasteiger partial charge in [-0.25, -0.2) is 9.48 Å². The summed E-state index contributed by atoms with van der Waals surface area (Å²) in [6.07, 6.45) is 0.342. The van der Waals surface area contributed by atoms with Gasteiger partial charge in [0.2, 0.25) is 0 Å². The van der Waals surface area contributed by atoms with E-state index in [-0.39, 0.29) is 5.54 Å². The van der Waals surface area contributed by atoms with E-state index in [0.29, 0.717) is 39.2 Å². The van der Waals surface area contributed by atoms with Gasteiger partial charge >= 0.3 is 6.09 Å². The Bertz CT molecular complexity index is 1150. The Hall–Kier alpha value is -3.23. The van der Waals surface area contributed by atoms with Crippen LogP contribution in [0.15, 0.2) is 48.5 Å². The van der Waals surface area contributed by atoms with Crippen LogP contribution in [0.4, 0.5) is 4.79 Å². The second kappa shape index (κ2) is 11.0. The number of hydrogen-bond acceptors (Lipinski definition) is 6. The quantitative estimate of drug-likeness (QED) is 0.471. The first kappa shape index (κ1) is 24.9. The second-order valence-corrected chi connectivity index (χ2v) is 9.60. The Morgan fingerprint density at radius 2 is 1.80 bits per heavy atom. The van der Waals surface area contributed by atoms with E-state index in [1.807, 2.05) is 41.1 Å². The summed E-state index contributed by atoms with van der Waals surface area (Å²) >= 11 is 0. The van der Waals surface area contributed by atoms with E-state index in [4.69, 9.17) is 14.2 Å². The number of carbonyl (C=O) groups excluding carboxylic acids is 1. The fraction of sp³-hybridized carbons (Fsp3) is 0.444. The number of aromatic nitrogens is 3. The minimum absolute atomic E-state index is 0.245. The van der Waals surface area contributed by atoms with Crippen LogP contribution in [0, 0.1) is 0 Å². The van der Waals surface area contributed by atoms with Crippen LogP contribution >= 0.6 is 0 Å². The molecule has 1 heterocycles. The molecule has 35 heavy (non-hydrogen) atoms. The van der Waals surface area contributed by atoms with E-state index in [9.17, 15) is 4.79 Å². The molecule has 1 aliphatic rings. The lowest BCUT2D eigenvalue weighted by Gasteiger charge is -2.27. The number of hydrogen-bond donors (Lipinski definition) is 1. The molecular formula is C27H34N4O4. The van der Waals surface area contributed by atoms with Crippen LogP contribution in [0.2, 0.25) is 0 Å². The first-order chi connectivity index (χ1) is 16.9. The van der Waals surface area contributed by atoms with E-state index in [1.54, 1.807) is 7.11 Å². The molecule has 1 amide bonds. The van der Waals surface area contributed by atoms with Crippen molar-refractivity contribution in [3.8, 4) is 22.5 Å². The normalized spacial score (nSPS) is 14.8. The van der Waals surface area contributed by atoms with Crippen LogP contribution < -0.4 is 5.32 Å². The maximum atomic E-state index is 12.7. The summed E-state index contributed by atoms with van der Waals surface area (Å²) in [6.45, 7) is 8.48. The van der Waals surface area contributed by atoms with Crippen LogP contribution in [-0.2, 0) is 26.2 Å². The number of rotatable bonds is 8. The fourth-order valence-electron chi connectivity index (χ4n) is 4.29. The van der Waals surface area contributed by atoms with Crippen molar-refractivity contribution in [3.05, 3.63) is 59.7 Å². The van der Waals surface area contributed by atoms with Gasteiger partial charge in [0.15, 0.2) is 0 Å². The predicted octanol–water partition coefficient (Wildman–Crippen LogP) is 4.74. The van der Waals surface area contributed by atoms with Crippen molar-refractivity contribution in [2.75, 3.05) is 33.5 Å². The SMILES string of the molecule is COCCOCCCNC(=O)OC1Cc2ccccc2-c2c(nnn2C(C)(C)C)-c2ccccc21. The van der Waals surface area contributed by atoms with Gasteiger partial charge in [-0.05, 0) is 32.8 Å². The summed E-state index contributed by atoms with van der Waals surface area (Å²) in [7, 11) is 1.64. The number of amides is 1. The van der Waals surface area contributed by atoms with Gasteiger partial charge < -0.3 is 19.5 Å². The van der Waals surface area contributed by atoms with Crippen LogP contribution in [0.3, 0.4) is 0 Å². The molecule has 1 aliphatic carbocycles. The lowest BCUT2D eigenvalue weighted by atomic mass is 9.87. The first-order valence-electron chi connectivity index (χ1n) is 12.0. The lowest BCUT2D eigenvalue weighted by molar-refractivity contribution is 0.0681. The molecule has 4 rings (SSSR count). The highest BCUT2D eigenvalue weighted by molar-refractivity contribution is 5.83. The Balaban J connectivity index is 1.60. The van der Waals surface area contributed by atoms with Gasteiger partial charge in [-0.2, -0.15) is 0 Å². The molecular weight excluding hydrogens is 444 g/mol. The molecule has 1 aromatic heterocycles. The smallest absolute Gasteiger partial charge is 0.407 e. The first-order valence-corrected chi connectivity index (χ1v) is 12.0. The molecule has 8 heteroatoms. The monoisotopic (exact) mass is 478 g/mol. The number of carbonyl (C=O) groups is 1. The van der Waals surface area contributed by atoms with Gasteiger partial charge in [0.1, 0.15) is 11.8 Å². The fourth-order valence-corrected chi connectivity index (χ4v) is 4.29. The molecule has 1 unspecified atom stereocenters. The molecule has 0 radical (unpaired) electrons. The van der Waals surface area contributed by atoms with Gasteiger partial charge in [0, 0.05) is 43.4 Å². The second-order valence-electron chi connectivity index (χ2n) is 9.60. The largest absolute Gasteiger partial charge is 0.441 e. The molecule has 0 fully saturated rings. The zero-order chi connectivity index (χ0) is 24.8. The van der Waals surface area contributed by atoms with Gasteiger partial charge in [0.05, 0.1) is 24.4 Å². The third-order valence-corrected chi connectivity index (χ3v) is 5.96. The third kappa shape index (κ3) is 5.71. The summed E-state index contributed by atoms with van der Waals surface area (Å²) in [5, 5.41) is 12.0. The van der Waals surface area contributed by atoms with Crippen molar-refractivity contribution in [1.82, 2.24) is 20.3 Å². The molecule has 0 bridgehead atoms. The molecule has 0 saturated heterocycles. The van der Waals surface area contributed by atoms with Crippen LogP contribution in [-0.4, -0.2) is 54.6 Å². The number of ether oxygens (including phenoxy) is 3. The van der Waals surface area contributed by atoms with Gasteiger partial charge in [-0.3, -0.25) is 0 Å². The van der Waals surface area contributed by atoms with Crippen molar-refractivity contribution in [1.29, 1.82) is 0 Å². The predicted molar refractivity (Wildman–Crippen MR) is 134 cm³/mol. The topological polar surface area (TPSA) is 87.5 Å². The molecule has 2 aromatic carbocycles. The number of methoxy groups -OCH3 is 1. The van der Waals surface area contributed by atoms with E-state index in [0.717, 1.165) is 33.6 Å². The third-order valence-electron chi connectivity index (χ3n) is 5.96. The minimum atomic E-state index is -0.460. The number of fused-ring (bicyclic) bond motifs is 5. The minimum Gasteiger partial charge on any atom is -0.441 e. The summed E-state index contributed by atoms with van der Waals surface area (Å²) in [5.74, 6) is 0. The molecule has 0 saturated carbocycles. The van der Waals surface area contributed by atoms with Crippen LogP contribution in [0.25, 0.3) is 22.5 Å². The number of alkyl carbamates (subject to hydrolysis) is 1. The summed E-state index contributed by atoms with van der Waals surface area (Å²) in [4.78, 5) is 12.7. The standard InChI is InChI=1S/C27H34N4O4/c1-27(2,3)31-25-20-11-6-5-10-19(20)18-23(21-12-7-8-13-22(21)24(25)29-30-31)35-26(32)28-14-9-15-34-17-16-33-4/h5-8,10-13,23H,9,14-18H2,1-4H3,(H,28,32). The average Bonchev–Trinajstić information content (AvgIpc) is 3.28. The van der Waals surface area contributed by atoms with Gasteiger partial charge in [-0.1, -0.05) is 53.7 Å². The maximum absolute atomic E-state index is 12.7. The molecule has 0 aliphatic heterocycles. The Morgan fingerprint density at radius 3 is 2.57 bits per heavy atom. The highest BCUT2D eigenvalue weighted by Gasteiger charge is 2.32. The van der Waals surface area contributed by atoms with Crippen LogP contribution in [0.5, 0.6) is 0 Å². The summed E-state index contributed by atoms with van der Waals surface area (Å²) < 4.78 is 18.4. The Kier molecular flexibility index (Phi) is 7.83. The van der Waals surface area contributed by atoms with Crippen LogP contribution in [0.1, 0.15) is 44.4 Å². The highest BCUT2D eigenvalue weighted by atomic mass is 16.6. The number of nitrogens with zero attached hydrogens (tertiary/aromatic N) is 3. The van der Waals surface area contributed by atoms with Gasteiger partial charge in [0.25, 0.3) is 0 Å². The molecule has 186 valence electrons. The average molecular weight is 479 g/mol. The summed E-state index contributed by atoms with van der Waals surface area (Å²) in [6, 6.07) is 16.2. The Morgan fingerprint density at radius 1 is 1.06 bits per heavy atom. The summed E-state index contributed by atoms with van der Waals surface area (Å²) in [5.41, 5.74) is 5.52. The highest BCUT2D eigenvalue weighted by Crippen LogP contribution is 2.42. The maximum Gasteiger partial charge on any atom is 0.407 e. The molecule has 1 atom stereocenters. The van der Waals surface area contributed by atoms with E-state index < -0.39 is 12.2 Å². The molecule has 8 nitrogen and oxygen atoms in total. The lowest BCUT2D eigenvalue weighted by Crippen LogP contribution is -2.29. The Labute approximate surface area is 206 Å². The van der Waals surface area contributed by atoms with E-state index >= 15 is 0 Å². The van der Waals surface area contributed by atoms with Crippen molar-refractivity contribution < 1.29 is 19.0 Å². The van der Waals surface area contributed by atoms with Crippen molar-refractivity contribution in [2.24, 2.45) is 0 Å². The van der Waals surface area contributed by atoms with E-state index in [1.165, 1.54) is 0 Å². The van der Waals surface area contributed by atoms with Crippen molar-refractivity contribution >= 4 is 6.09 Å². The molecule has 3 aromatic rings. The van der Waals surface area contributed by atoms with Gasteiger partial charge in [-0.15, -0.1) is 5.10 Å². The zero-order valence-corrected chi connectivity index (χ0v) is 20.9. The number of benzene rings is 2.